The Labute approximate surface area is 258 Å². The van der Waals surface area contributed by atoms with E-state index in [4.69, 9.17) is 9.15 Å². The Balaban J connectivity index is 0.00000106. The first-order chi connectivity index (χ1) is 21.4. The fourth-order valence-corrected chi connectivity index (χ4v) is 5.05. The maximum Gasteiger partial charge on any atom is 0.280 e. The van der Waals surface area contributed by atoms with Gasteiger partial charge in [-0.3, -0.25) is 19.1 Å². The summed E-state index contributed by atoms with van der Waals surface area (Å²) in [6.07, 6.45) is 4.72. The van der Waals surface area contributed by atoms with Gasteiger partial charge in [-0.2, -0.15) is 0 Å². The van der Waals surface area contributed by atoms with E-state index in [0.29, 0.717) is 16.9 Å². The van der Waals surface area contributed by atoms with Gasteiger partial charge in [-0.25, -0.2) is 24.6 Å². The number of hydrazine groups is 1. The van der Waals surface area contributed by atoms with Gasteiger partial charge in [0.1, 0.15) is 33.7 Å². The van der Waals surface area contributed by atoms with Crippen LogP contribution in [0.15, 0.2) is 58.3 Å². The number of nitrogens with one attached hydrogen (secondary N) is 3. The standard InChI is InChI=1S/C27H22F2N6O4S.2C2H6/c1-38-21-13-30-19(24(28)29)10-17(21)16-11-22(35-8-6-20-15(26(35)37)7-9-39-20)31-12-18(16)25(36)32-27-34-33-23(40-27)5-4-14-2-3-14;2*1-2/h6-14,23-24,27,33-34H,2-3H2,1H3,(H,32,36);2*1-2H3. The lowest BCUT2D eigenvalue weighted by atomic mass is 10.00. The van der Waals surface area contributed by atoms with Crippen molar-refractivity contribution < 1.29 is 22.7 Å². The molecule has 44 heavy (non-hydrogen) atoms. The minimum Gasteiger partial charge on any atom is -0.494 e. The molecule has 0 radical (unpaired) electrons. The van der Waals surface area contributed by atoms with Crippen molar-refractivity contribution in [3.63, 3.8) is 0 Å². The molecule has 0 spiro atoms. The van der Waals surface area contributed by atoms with Crippen LogP contribution in [0.5, 0.6) is 5.75 Å². The molecule has 1 aliphatic heterocycles. The van der Waals surface area contributed by atoms with E-state index in [1.807, 2.05) is 27.7 Å². The quantitative estimate of drug-likeness (QED) is 0.234. The van der Waals surface area contributed by atoms with Crippen molar-refractivity contribution in [3.05, 3.63) is 70.7 Å². The van der Waals surface area contributed by atoms with E-state index in [-0.39, 0.29) is 33.6 Å². The predicted octanol–water partition coefficient (Wildman–Crippen LogP) is 5.63. The number of fused-ring (bicyclic) bond motifs is 1. The molecule has 1 amide bonds. The number of carbonyl (C=O) groups is 1. The van der Waals surface area contributed by atoms with E-state index in [2.05, 4.69) is 38.0 Å². The zero-order valence-electron chi connectivity index (χ0n) is 25.0. The summed E-state index contributed by atoms with van der Waals surface area (Å²) >= 11 is 1.39. The number of alkyl halides is 2. The van der Waals surface area contributed by atoms with Crippen LogP contribution in [-0.2, 0) is 0 Å². The van der Waals surface area contributed by atoms with Gasteiger partial charge in [0.25, 0.3) is 17.9 Å². The van der Waals surface area contributed by atoms with Crippen LogP contribution in [0.1, 0.15) is 63.0 Å². The van der Waals surface area contributed by atoms with Gasteiger partial charge in [-0.05, 0) is 37.1 Å². The summed E-state index contributed by atoms with van der Waals surface area (Å²) in [6.45, 7) is 8.00. The second-order valence-electron chi connectivity index (χ2n) is 9.11. The zero-order chi connectivity index (χ0) is 31.8. The van der Waals surface area contributed by atoms with E-state index in [1.165, 1.54) is 54.4 Å². The lowest BCUT2D eigenvalue weighted by Crippen LogP contribution is -2.43. The number of halogens is 2. The number of nitrogens with zero attached hydrogens (tertiary/aromatic N) is 3. The van der Waals surface area contributed by atoms with Gasteiger partial charge in [0.2, 0.25) is 0 Å². The number of carbonyl (C=O) groups excluding carboxylic acids is 1. The number of pyridine rings is 3. The summed E-state index contributed by atoms with van der Waals surface area (Å²) in [6, 6.07) is 5.79. The lowest BCUT2D eigenvalue weighted by Gasteiger charge is -2.17. The SMILES string of the molecule is CC.CC.COc1cnc(C(F)F)cc1-c1cc(-n2ccc3occc3c2=O)ncc1C(=O)NC1NNC(C#CC2CC2)S1. The largest absolute Gasteiger partial charge is 0.494 e. The number of amides is 1. The summed E-state index contributed by atoms with van der Waals surface area (Å²) in [4.78, 5) is 34.7. The molecule has 1 saturated heterocycles. The predicted molar refractivity (Wildman–Crippen MR) is 166 cm³/mol. The molecule has 1 saturated carbocycles. The highest BCUT2D eigenvalue weighted by Crippen LogP contribution is 2.35. The number of aromatic nitrogens is 3. The first kappa shape index (κ1) is 32.7. The van der Waals surface area contributed by atoms with Gasteiger partial charge in [0, 0.05) is 29.4 Å². The lowest BCUT2D eigenvalue weighted by molar-refractivity contribution is 0.0945. The summed E-state index contributed by atoms with van der Waals surface area (Å²) < 4.78 is 39.2. The van der Waals surface area contributed by atoms with Crippen molar-refractivity contribution in [1.29, 1.82) is 0 Å². The van der Waals surface area contributed by atoms with Crippen molar-refractivity contribution in [3.8, 4) is 34.5 Å². The molecule has 232 valence electrons. The molecular formula is C31H34F2N6O4S. The summed E-state index contributed by atoms with van der Waals surface area (Å²) in [5.41, 5.74) is 5.53. The van der Waals surface area contributed by atoms with Crippen molar-refractivity contribution in [2.24, 2.45) is 5.92 Å². The number of hydrogen-bond acceptors (Lipinski definition) is 9. The average molecular weight is 625 g/mol. The van der Waals surface area contributed by atoms with Crippen LogP contribution in [0.4, 0.5) is 8.78 Å². The second kappa shape index (κ2) is 15.0. The number of furan rings is 1. The van der Waals surface area contributed by atoms with Crippen molar-refractivity contribution in [2.45, 2.75) is 57.8 Å². The van der Waals surface area contributed by atoms with E-state index >= 15 is 0 Å². The summed E-state index contributed by atoms with van der Waals surface area (Å²) in [7, 11) is 1.37. The molecule has 6 rings (SSSR count). The number of methoxy groups -OCH3 is 1. The van der Waals surface area contributed by atoms with Gasteiger partial charge >= 0.3 is 0 Å². The maximum atomic E-state index is 13.6. The Hall–Kier alpha value is -4.25. The zero-order valence-corrected chi connectivity index (χ0v) is 25.8. The fraction of sp³-hybridized carbons (Fsp3) is 0.355. The Morgan fingerprint density at radius 2 is 1.89 bits per heavy atom. The van der Waals surface area contributed by atoms with Crippen LogP contribution in [0, 0.1) is 17.8 Å². The van der Waals surface area contributed by atoms with Crippen molar-refractivity contribution >= 4 is 28.6 Å². The third-order valence-corrected chi connectivity index (χ3v) is 7.41. The minimum absolute atomic E-state index is 0.0841. The average Bonchev–Trinajstić information content (AvgIpc) is 3.57. The van der Waals surface area contributed by atoms with Crippen LogP contribution >= 0.6 is 11.8 Å². The molecule has 0 aromatic carbocycles. The molecule has 2 fully saturated rings. The van der Waals surface area contributed by atoms with Crippen LogP contribution < -0.4 is 26.5 Å². The van der Waals surface area contributed by atoms with Crippen molar-refractivity contribution in [1.82, 2.24) is 30.7 Å². The van der Waals surface area contributed by atoms with E-state index in [1.54, 1.807) is 12.1 Å². The molecule has 13 heteroatoms. The molecule has 2 aliphatic rings. The minimum atomic E-state index is -2.85. The smallest absolute Gasteiger partial charge is 0.280 e. The molecule has 5 heterocycles. The van der Waals surface area contributed by atoms with Crippen LogP contribution in [0.3, 0.4) is 0 Å². The number of hydrogen-bond donors (Lipinski definition) is 3. The van der Waals surface area contributed by atoms with E-state index in [9.17, 15) is 18.4 Å². The van der Waals surface area contributed by atoms with E-state index < -0.39 is 29.1 Å². The Bertz CT molecular complexity index is 1730. The van der Waals surface area contributed by atoms with Gasteiger partial charge < -0.3 is 14.5 Å². The van der Waals surface area contributed by atoms with Gasteiger partial charge in [-0.1, -0.05) is 51.3 Å². The van der Waals surface area contributed by atoms with Gasteiger partial charge in [0.15, 0.2) is 0 Å². The Morgan fingerprint density at radius 1 is 1.11 bits per heavy atom. The normalized spacial score (nSPS) is 17.1. The highest BCUT2D eigenvalue weighted by atomic mass is 32.2. The van der Waals surface area contributed by atoms with Crippen LogP contribution in [0.25, 0.3) is 27.9 Å². The molecule has 2 unspecified atom stereocenters. The molecule has 3 N–H and O–H groups in total. The highest BCUT2D eigenvalue weighted by molar-refractivity contribution is 8.00. The molecule has 4 aromatic rings. The van der Waals surface area contributed by atoms with Crippen LogP contribution in [0.2, 0.25) is 0 Å². The molecule has 10 nitrogen and oxygen atoms in total. The highest BCUT2D eigenvalue weighted by Gasteiger charge is 2.28. The first-order valence-corrected chi connectivity index (χ1v) is 15.3. The number of rotatable bonds is 6. The third-order valence-electron chi connectivity index (χ3n) is 6.40. The van der Waals surface area contributed by atoms with Crippen LogP contribution in [-0.4, -0.2) is 38.4 Å². The Kier molecular flexibility index (Phi) is 11.1. The monoisotopic (exact) mass is 624 g/mol. The van der Waals surface area contributed by atoms with Gasteiger partial charge in [-0.15, -0.1) is 0 Å². The summed E-state index contributed by atoms with van der Waals surface area (Å²) in [5, 5.41) is 3.00. The van der Waals surface area contributed by atoms with Crippen molar-refractivity contribution in [2.75, 3.05) is 7.11 Å². The summed E-state index contributed by atoms with van der Waals surface area (Å²) in [5.74, 6) is 6.58. The molecule has 4 aromatic heterocycles. The number of ether oxygens (including phenoxy) is 1. The van der Waals surface area contributed by atoms with E-state index in [0.717, 1.165) is 18.9 Å². The number of thioether (sulfide) groups is 1. The molecule has 2 atom stereocenters. The van der Waals surface area contributed by atoms with Gasteiger partial charge in [0.05, 0.1) is 30.5 Å². The third kappa shape index (κ3) is 7.27. The topological polar surface area (TPSA) is 123 Å². The fourth-order valence-electron chi connectivity index (χ4n) is 4.19. The first-order valence-electron chi connectivity index (χ1n) is 14.3. The second-order valence-corrected chi connectivity index (χ2v) is 10.3. The molecule has 1 aliphatic carbocycles. The molecular weight excluding hydrogens is 590 g/mol. The maximum absolute atomic E-state index is 13.6. The Morgan fingerprint density at radius 3 is 2.59 bits per heavy atom. The molecule has 0 bridgehead atoms.